The highest BCUT2D eigenvalue weighted by molar-refractivity contribution is 7.22. The van der Waals surface area contributed by atoms with E-state index in [4.69, 9.17) is 4.52 Å². The maximum atomic E-state index is 11.5. The van der Waals surface area contributed by atoms with Crippen LogP contribution in [0.15, 0.2) is 34.9 Å². The molecule has 0 bridgehead atoms. The molecule has 1 aromatic carbocycles. The van der Waals surface area contributed by atoms with Crippen molar-refractivity contribution < 1.29 is 9.63 Å². The second-order valence-electron chi connectivity index (χ2n) is 8.32. The van der Waals surface area contributed by atoms with Crippen molar-refractivity contribution in [3.63, 3.8) is 0 Å². The summed E-state index contributed by atoms with van der Waals surface area (Å²) in [4.78, 5) is 9.03. The smallest absolute Gasteiger partial charge is 0.268 e. The Labute approximate surface area is 182 Å². The fourth-order valence-corrected chi connectivity index (χ4v) is 5.37. The van der Waals surface area contributed by atoms with Gasteiger partial charge in [-0.25, -0.2) is 0 Å². The largest absolute Gasteiger partial charge is 0.385 e. The van der Waals surface area contributed by atoms with Crippen LogP contribution in [0.25, 0.3) is 43.3 Å². The highest BCUT2D eigenvalue weighted by atomic mass is 32.1. The summed E-state index contributed by atoms with van der Waals surface area (Å²) < 4.78 is 6.53. The Bertz CT molecular complexity index is 1400. The SMILES string of the molecule is CCC(O)(CC)c1c(-c2n[nH]c3cc(-c4nc(C5CC5)no4)sc23)[nH]c2ccccc12. The van der Waals surface area contributed by atoms with Crippen molar-refractivity contribution in [2.75, 3.05) is 0 Å². The molecule has 0 radical (unpaired) electrons. The quantitative estimate of drug-likeness (QED) is 0.318. The predicted molar refractivity (Wildman–Crippen MR) is 121 cm³/mol. The van der Waals surface area contributed by atoms with Gasteiger partial charge in [0, 0.05) is 22.4 Å². The Hall–Kier alpha value is -2.97. The molecular weight excluding hydrogens is 410 g/mol. The molecule has 1 aliphatic rings. The third-order valence-corrected chi connectivity index (χ3v) is 7.54. The third-order valence-electron chi connectivity index (χ3n) is 6.41. The third kappa shape index (κ3) is 2.85. The van der Waals surface area contributed by atoms with Gasteiger partial charge in [0.05, 0.1) is 26.4 Å². The summed E-state index contributed by atoms with van der Waals surface area (Å²) in [6.45, 7) is 4.04. The summed E-state index contributed by atoms with van der Waals surface area (Å²) >= 11 is 1.58. The fraction of sp³-hybridized carbons (Fsp3) is 0.348. The zero-order chi connectivity index (χ0) is 21.2. The molecule has 6 rings (SSSR count). The van der Waals surface area contributed by atoms with Gasteiger partial charge in [-0.2, -0.15) is 10.1 Å². The minimum absolute atomic E-state index is 0.453. The summed E-state index contributed by atoms with van der Waals surface area (Å²) in [7, 11) is 0. The van der Waals surface area contributed by atoms with Gasteiger partial charge in [-0.15, -0.1) is 11.3 Å². The average molecular weight is 434 g/mol. The van der Waals surface area contributed by atoms with Crippen molar-refractivity contribution in [1.82, 2.24) is 25.3 Å². The molecule has 0 saturated heterocycles. The molecule has 7 nitrogen and oxygen atoms in total. The van der Waals surface area contributed by atoms with Crippen LogP contribution in [0.3, 0.4) is 0 Å². The standard InChI is InChI=1S/C23H23N5O2S/c1-3-23(29,4-2)17-13-7-5-6-8-14(13)24-18(17)19-20-15(26-27-19)11-16(31-20)22-25-21(28-30-22)12-9-10-12/h5-8,11-12,24,29H,3-4,9-10H2,1-2H3,(H,26,27). The maximum absolute atomic E-state index is 11.5. The van der Waals surface area contributed by atoms with Crippen LogP contribution in [0.2, 0.25) is 0 Å². The first-order valence-corrected chi connectivity index (χ1v) is 11.6. The number of H-pyrrole nitrogens is 2. The first-order valence-electron chi connectivity index (χ1n) is 10.8. The molecule has 4 heterocycles. The lowest BCUT2D eigenvalue weighted by Gasteiger charge is -2.26. The van der Waals surface area contributed by atoms with Crippen molar-refractivity contribution in [1.29, 1.82) is 0 Å². The molecule has 1 aliphatic carbocycles. The van der Waals surface area contributed by atoms with Crippen molar-refractivity contribution in [2.24, 2.45) is 0 Å². The molecule has 1 fully saturated rings. The molecular formula is C23H23N5O2S. The Balaban J connectivity index is 1.53. The van der Waals surface area contributed by atoms with E-state index >= 15 is 0 Å². The van der Waals surface area contributed by atoms with Crippen LogP contribution < -0.4 is 0 Å². The van der Waals surface area contributed by atoms with Gasteiger partial charge < -0.3 is 14.6 Å². The number of para-hydroxylation sites is 1. The van der Waals surface area contributed by atoms with Gasteiger partial charge in [-0.05, 0) is 37.8 Å². The van der Waals surface area contributed by atoms with Crippen LogP contribution in [0.4, 0.5) is 0 Å². The van der Waals surface area contributed by atoms with E-state index in [2.05, 4.69) is 31.4 Å². The molecule has 1 saturated carbocycles. The predicted octanol–water partition coefficient (Wildman–Crippen LogP) is 5.71. The molecule has 0 unspecified atom stereocenters. The van der Waals surface area contributed by atoms with E-state index in [1.807, 2.05) is 38.1 Å². The van der Waals surface area contributed by atoms with Gasteiger partial charge in [0.15, 0.2) is 5.82 Å². The summed E-state index contributed by atoms with van der Waals surface area (Å²) in [5.41, 5.74) is 3.54. The van der Waals surface area contributed by atoms with Crippen LogP contribution in [-0.4, -0.2) is 30.4 Å². The second kappa shape index (κ2) is 6.77. The van der Waals surface area contributed by atoms with Crippen LogP contribution in [0, 0.1) is 0 Å². The topological polar surface area (TPSA) is 104 Å². The van der Waals surface area contributed by atoms with Crippen LogP contribution in [-0.2, 0) is 5.60 Å². The molecule has 31 heavy (non-hydrogen) atoms. The molecule has 8 heteroatoms. The number of hydrogen-bond acceptors (Lipinski definition) is 6. The molecule has 4 aromatic heterocycles. The van der Waals surface area contributed by atoms with E-state index in [0.717, 1.165) is 61.6 Å². The summed E-state index contributed by atoms with van der Waals surface area (Å²) in [5.74, 6) is 1.81. The number of aromatic amines is 2. The van der Waals surface area contributed by atoms with Crippen LogP contribution >= 0.6 is 11.3 Å². The van der Waals surface area contributed by atoms with Crippen LogP contribution in [0.1, 0.15) is 56.8 Å². The Morgan fingerprint density at radius 2 is 2.00 bits per heavy atom. The molecule has 3 N–H and O–H groups in total. The lowest BCUT2D eigenvalue weighted by atomic mass is 9.86. The van der Waals surface area contributed by atoms with E-state index < -0.39 is 5.60 Å². The van der Waals surface area contributed by atoms with Crippen LogP contribution in [0.5, 0.6) is 0 Å². The number of nitrogens with zero attached hydrogens (tertiary/aromatic N) is 3. The monoisotopic (exact) mass is 433 g/mol. The lowest BCUT2D eigenvalue weighted by Crippen LogP contribution is -2.24. The first kappa shape index (κ1) is 18.8. The van der Waals surface area contributed by atoms with Gasteiger partial charge in [-0.3, -0.25) is 5.10 Å². The fourth-order valence-electron chi connectivity index (χ4n) is 4.34. The highest BCUT2D eigenvalue weighted by Gasteiger charge is 2.34. The highest BCUT2D eigenvalue weighted by Crippen LogP contribution is 2.45. The number of hydrogen-bond donors (Lipinski definition) is 3. The summed E-state index contributed by atoms with van der Waals surface area (Å²) in [5, 5.41) is 24.4. The summed E-state index contributed by atoms with van der Waals surface area (Å²) in [6, 6.07) is 10.1. The Morgan fingerprint density at radius 3 is 2.77 bits per heavy atom. The number of rotatable bonds is 6. The summed E-state index contributed by atoms with van der Waals surface area (Å²) in [6.07, 6.45) is 3.51. The van der Waals surface area contributed by atoms with E-state index in [0.29, 0.717) is 24.7 Å². The molecule has 0 atom stereocenters. The number of aliphatic hydroxyl groups is 1. The maximum Gasteiger partial charge on any atom is 0.268 e. The minimum Gasteiger partial charge on any atom is -0.385 e. The van der Waals surface area contributed by atoms with Gasteiger partial charge in [0.2, 0.25) is 0 Å². The molecule has 0 amide bonds. The van der Waals surface area contributed by atoms with Crippen molar-refractivity contribution in [2.45, 2.75) is 51.0 Å². The van der Waals surface area contributed by atoms with E-state index in [-0.39, 0.29) is 0 Å². The average Bonchev–Trinajstić information content (AvgIpc) is 3.15. The molecule has 158 valence electrons. The second-order valence-corrected chi connectivity index (χ2v) is 9.37. The van der Waals surface area contributed by atoms with Gasteiger partial charge >= 0.3 is 0 Å². The minimum atomic E-state index is -0.939. The Morgan fingerprint density at radius 1 is 1.19 bits per heavy atom. The molecule has 0 aliphatic heterocycles. The van der Waals surface area contributed by atoms with Gasteiger partial charge in [0.1, 0.15) is 5.69 Å². The van der Waals surface area contributed by atoms with Crippen molar-refractivity contribution in [3.8, 4) is 22.2 Å². The number of fused-ring (bicyclic) bond motifs is 2. The normalized spacial score (nSPS) is 14.8. The van der Waals surface area contributed by atoms with Gasteiger partial charge in [-0.1, -0.05) is 37.2 Å². The van der Waals surface area contributed by atoms with Gasteiger partial charge in [0.25, 0.3) is 5.89 Å². The van der Waals surface area contributed by atoms with E-state index in [9.17, 15) is 5.11 Å². The van der Waals surface area contributed by atoms with Crippen molar-refractivity contribution >= 4 is 32.5 Å². The molecule has 0 spiro atoms. The zero-order valence-corrected chi connectivity index (χ0v) is 18.2. The number of nitrogens with one attached hydrogen (secondary N) is 2. The number of aromatic nitrogens is 5. The zero-order valence-electron chi connectivity index (χ0n) is 17.4. The number of benzene rings is 1. The first-order chi connectivity index (χ1) is 15.1. The van der Waals surface area contributed by atoms with Crippen molar-refractivity contribution in [3.05, 3.63) is 41.7 Å². The Kier molecular flexibility index (Phi) is 4.10. The lowest BCUT2D eigenvalue weighted by molar-refractivity contribution is 0.0304. The molecule has 5 aromatic rings. The van der Waals surface area contributed by atoms with E-state index in [1.165, 1.54) is 0 Å². The van der Waals surface area contributed by atoms with E-state index in [1.54, 1.807) is 11.3 Å². The number of thiophene rings is 1.